The van der Waals surface area contributed by atoms with Crippen LogP contribution in [-0.2, 0) is 9.53 Å². The maximum atomic E-state index is 12.4. The van der Waals surface area contributed by atoms with E-state index in [2.05, 4.69) is 0 Å². The van der Waals surface area contributed by atoms with Crippen LogP contribution in [0.1, 0.15) is 22.8 Å². The highest BCUT2D eigenvalue weighted by atomic mass is 16.5. The second-order valence-corrected chi connectivity index (χ2v) is 5.06. The molecule has 6 heteroatoms. The lowest BCUT2D eigenvalue weighted by Crippen LogP contribution is -2.50. The number of benzene rings is 1. The summed E-state index contributed by atoms with van der Waals surface area (Å²) >= 11 is 0. The molecule has 0 bridgehead atoms. The zero-order valence-electron chi connectivity index (χ0n) is 12.6. The van der Waals surface area contributed by atoms with Crippen LogP contribution < -0.4 is 0 Å². The van der Waals surface area contributed by atoms with E-state index >= 15 is 0 Å². The van der Waals surface area contributed by atoms with Gasteiger partial charge in [-0.1, -0.05) is 0 Å². The first-order valence-electron chi connectivity index (χ1n) is 7.31. The lowest BCUT2D eigenvalue weighted by molar-refractivity contribution is -0.144. The van der Waals surface area contributed by atoms with Gasteiger partial charge in [0.1, 0.15) is 0 Å². The number of carbonyl (C=O) groups is 2. The summed E-state index contributed by atoms with van der Waals surface area (Å²) in [5.41, 5.74) is 1.12. The third kappa shape index (κ3) is 4.06. The summed E-state index contributed by atoms with van der Waals surface area (Å²) in [4.78, 5) is 27.6. The molecule has 0 spiro atoms. The molecule has 1 heterocycles. The molecule has 0 saturated carbocycles. The molecular formula is C16H19N3O3. The van der Waals surface area contributed by atoms with E-state index in [-0.39, 0.29) is 18.4 Å². The Morgan fingerprint density at radius 3 is 2.36 bits per heavy atom. The molecule has 2 rings (SSSR count). The Hall–Kier alpha value is -2.39. The molecule has 0 atom stereocenters. The Labute approximate surface area is 129 Å². The molecule has 1 aromatic rings. The monoisotopic (exact) mass is 301 g/mol. The molecule has 1 amide bonds. The molecule has 1 aliphatic heterocycles. The summed E-state index contributed by atoms with van der Waals surface area (Å²) in [6.07, 6.45) is 0. The van der Waals surface area contributed by atoms with Crippen molar-refractivity contribution in [3.63, 3.8) is 0 Å². The van der Waals surface area contributed by atoms with E-state index in [0.717, 1.165) is 0 Å². The average molecular weight is 301 g/mol. The van der Waals surface area contributed by atoms with E-state index in [0.29, 0.717) is 43.9 Å². The van der Waals surface area contributed by atoms with Crippen LogP contribution in [0, 0.1) is 11.3 Å². The Bertz CT molecular complexity index is 569. The molecule has 1 aromatic carbocycles. The van der Waals surface area contributed by atoms with E-state index in [1.165, 1.54) is 0 Å². The van der Waals surface area contributed by atoms with Crippen molar-refractivity contribution in [1.29, 1.82) is 5.26 Å². The van der Waals surface area contributed by atoms with Crippen molar-refractivity contribution in [2.75, 3.05) is 39.3 Å². The zero-order valence-corrected chi connectivity index (χ0v) is 12.6. The second kappa shape index (κ2) is 7.57. The largest absolute Gasteiger partial charge is 0.465 e. The predicted octanol–water partition coefficient (Wildman–Crippen LogP) is 0.879. The van der Waals surface area contributed by atoms with Crippen molar-refractivity contribution in [3.05, 3.63) is 35.4 Å². The summed E-state index contributed by atoms with van der Waals surface area (Å²) in [5.74, 6) is -0.269. The number of amides is 1. The maximum Gasteiger partial charge on any atom is 0.320 e. The van der Waals surface area contributed by atoms with Crippen LogP contribution in [-0.4, -0.2) is 61.0 Å². The SMILES string of the molecule is CCOC(=O)CN1CCN(C(=O)c2ccc(C#N)cc2)CC1. The van der Waals surface area contributed by atoms with Crippen molar-refractivity contribution >= 4 is 11.9 Å². The number of carbonyl (C=O) groups excluding carboxylic acids is 2. The number of nitrogens with zero attached hydrogens (tertiary/aromatic N) is 3. The highest BCUT2D eigenvalue weighted by Crippen LogP contribution is 2.10. The van der Waals surface area contributed by atoms with E-state index < -0.39 is 0 Å². The molecule has 0 aliphatic carbocycles. The summed E-state index contributed by atoms with van der Waals surface area (Å²) in [5, 5.41) is 8.77. The standard InChI is InChI=1S/C16H19N3O3/c1-2-22-15(20)12-18-7-9-19(10-8-18)16(21)14-5-3-13(11-17)4-6-14/h3-6H,2,7-10,12H2,1H3. The second-order valence-electron chi connectivity index (χ2n) is 5.06. The average Bonchev–Trinajstić information content (AvgIpc) is 2.55. The minimum atomic E-state index is -0.227. The summed E-state index contributed by atoms with van der Waals surface area (Å²) in [7, 11) is 0. The molecule has 6 nitrogen and oxygen atoms in total. The van der Waals surface area contributed by atoms with Crippen molar-refractivity contribution < 1.29 is 14.3 Å². The van der Waals surface area contributed by atoms with Crippen LogP contribution in [0.25, 0.3) is 0 Å². The van der Waals surface area contributed by atoms with Gasteiger partial charge < -0.3 is 9.64 Å². The Balaban J connectivity index is 1.86. The molecule has 0 unspecified atom stereocenters. The van der Waals surface area contributed by atoms with Gasteiger partial charge in [-0.3, -0.25) is 14.5 Å². The van der Waals surface area contributed by atoms with Gasteiger partial charge in [-0.15, -0.1) is 0 Å². The van der Waals surface area contributed by atoms with Gasteiger partial charge in [0.15, 0.2) is 0 Å². The van der Waals surface area contributed by atoms with Crippen LogP contribution in [0.15, 0.2) is 24.3 Å². The van der Waals surface area contributed by atoms with Crippen molar-refractivity contribution in [2.45, 2.75) is 6.92 Å². The molecular weight excluding hydrogens is 282 g/mol. The highest BCUT2D eigenvalue weighted by Gasteiger charge is 2.23. The Morgan fingerprint density at radius 1 is 1.18 bits per heavy atom. The lowest BCUT2D eigenvalue weighted by Gasteiger charge is -2.34. The number of nitriles is 1. The normalized spacial score (nSPS) is 15.2. The van der Waals surface area contributed by atoms with Gasteiger partial charge in [0.25, 0.3) is 5.91 Å². The van der Waals surface area contributed by atoms with Crippen LogP contribution >= 0.6 is 0 Å². The molecule has 1 aliphatic rings. The Morgan fingerprint density at radius 2 is 1.82 bits per heavy atom. The molecule has 116 valence electrons. The van der Waals surface area contributed by atoms with Gasteiger partial charge in [0.2, 0.25) is 0 Å². The molecule has 0 N–H and O–H groups in total. The highest BCUT2D eigenvalue weighted by molar-refractivity contribution is 5.94. The zero-order chi connectivity index (χ0) is 15.9. The van der Waals surface area contributed by atoms with Crippen LogP contribution in [0.3, 0.4) is 0 Å². The quantitative estimate of drug-likeness (QED) is 0.772. The molecule has 1 saturated heterocycles. The third-order valence-electron chi connectivity index (χ3n) is 3.58. The summed E-state index contributed by atoms with van der Waals surface area (Å²) in [6.45, 7) is 4.91. The van der Waals surface area contributed by atoms with E-state index in [1.807, 2.05) is 11.0 Å². The minimum Gasteiger partial charge on any atom is -0.465 e. The van der Waals surface area contributed by atoms with Gasteiger partial charge in [0, 0.05) is 31.7 Å². The first kappa shape index (κ1) is 16.0. The fourth-order valence-electron chi connectivity index (χ4n) is 2.37. The number of hydrogen-bond donors (Lipinski definition) is 0. The van der Waals surface area contributed by atoms with E-state index in [9.17, 15) is 9.59 Å². The number of rotatable bonds is 4. The number of ether oxygens (including phenoxy) is 1. The topological polar surface area (TPSA) is 73.6 Å². The molecule has 22 heavy (non-hydrogen) atoms. The van der Waals surface area contributed by atoms with Crippen LogP contribution in [0.4, 0.5) is 0 Å². The number of esters is 1. The van der Waals surface area contributed by atoms with E-state index in [1.54, 1.807) is 36.1 Å². The predicted molar refractivity (Wildman–Crippen MR) is 80.1 cm³/mol. The lowest BCUT2D eigenvalue weighted by atomic mass is 10.1. The smallest absolute Gasteiger partial charge is 0.320 e. The third-order valence-corrected chi connectivity index (χ3v) is 3.58. The van der Waals surface area contributed by atoms with Gasteiger partial charge in [-0.2, -0.15) is 5.26 Å². The Kier molecular flexibility index (Phi) is 5.50. The van der Waals surface area contributed by atoms with Crippen LogP contribution in [0.2, 0.25) is 0 Å². The fourth-order valence-corrected chi connectivity index (χ4v) is 2.37. The molecule has 1 fully saturated rings. The first-order chi connectivity index (χ1) is 10.6. The first-order valence-corrected chi connectivity index (χ1v) is 7.31. The van der Waals surface area contributed by atoms with Crippen molar-refractivity contribution in [2.24, 2.45) is 0 Å². The van der Waals surface area contributed by atoms with E-state index in [4.69, 9.17) is 10.00 Å². The summed E-state index contributed by atoms with van der Waals surface area (Å²) in [6, 6.07) is 8.66. The number of hydrogen-bond acceptors (Lipinski definition) is 5. The van der Waals surface area contributed by atoms with Gasteiger partial charge in [-0.05, 0) is 31.2 Å². The fraction of sp³-hybridized carbons (Fsp3) is 0.438. The minimum absolute atomic E-state index is 0.0414. The number of piperazine rings is 1. The molecule has 0 aromatic heterocycles. The summed E-state index contributed by atoms with van der Waals surface area (Å²) < 4.78 is 4.92. The maximum absolute atomic E-state index is 12.4. The van der Waals surface area contributed by atoms with Crippen LogP contribution in [0.5, 0.6) is 0 Å². The molecule has 0 radical (unpaired) electrons. The van der Waals surface area contributed by atoms with Gasteiger partial charge in [-0.25, -0.2) is 0 Å². The van der Waals surface area contributed by atoms with Gasteiger partial charge >= 0.3 is 5.97 Å². The van der Waals surface area contributed by atoms with Crippen molar-refractivity contribution in [1.82, 2.24) is 9.80 Å². The van der Waals surface area contributed by atoms with Crippen molar-refractivity contribution in [3.8, 4) is 6.07 Å². The van der Waals surface area contributed by atoms with Gasteiger partial charge in [0.05, 0.1) is 24.8 Å².